The molecule has 2 aromatic rings. The van der Waals surface area contributed by atoms with Crippen LogP contribution in [0.3, 0.4) is 0 Å². The van der Waals surface area contributed by atoms with Gasteiger partial charge in [-0.1, -0.05) is 50.5 Å². The van der Waals surface area contributed by atoms with Crippen LogP contribution in [0.1, 0.15) is 38.2 Å². The lowest BCUT2D eigenvalue weighted by Gasteiger charge is -2.13. The van der Waals surface area contributed by atoms with E-state index in [9.17, 15) is 0 Å². The molecule has 142 valence electrons. The molecule has 0 saturated heterocycles. The molecule has 0 aliphatic rings. The molecule has 26 heavy (non-hydrogen) atoms. The molecular weight excluding hydrogens is 326 g/mol. The molecule has 0 aliphatic heterocycles. The normalized spacial score (nSPS) is 10.5. The van der Waals surface area contributed by atoms with Crippen molar-refractivity contribution in [3.63, 3.8) is 0 Å². The molecule has 0 radical (unpaired) electrons. The van der Waals surface area contributed by atoms with Gasteiger partial charge in [-0.05, 0) is 24.6 Å². The Balaban J connectivity index is 1.86. The number of rotatable bonds is 13. The molecule has 0 atom stereocenters. The van der Waals surface area contributed by atoms with Crippen molar-refractivity contribution in [2.24, 2.45) is 0 Å². The van der Waals surface area contributed by atoms with E-state index in [0.29, 0.717) is 19.8 Å². The minimum Gasteiger partial charge on any atom is -0.493 e. The summed E-state index contributed by atoms with van der Waals surface area (Å²) in [7, 11) is 1.67. The van der Waals surface area contributed by atoms with E-state index in [1.54, 1.807) is 7.11 Å². The molecule has 0 unspecified atom stereocenters. The van der Waals surface area contributed by atoms with Gasteiger partial charge in [-0.15, -0.1) is 0 Å². The largest absolute Gasteiger partial charge is 0.493 e. The van der Waals surface area contributed by atoms with Gasteiger partial charge in [0.2, 0.25) is 0 Å². The second-order valence-electron chi connectivity index (χ2n) is 6.24. The number of benzene rings is 2. The highest BCUT2D eigenvalue weighted by atomic mass is 16.5. The van der Waals surface area contributed by atoms with Gasteiger partial charge in [-0.2, -0.15) is 0 Å². The van der Waals surface area contributed by atoms with Crippen LogP contribution in [0.4, 0.5) is 5.69 Å². The quantitative estimate of drug-likeness (QED) is 0.495. The summed E-state index contributed by atoms with van der Waals surface area (Å²) in [6, 6.07) is 16.2. The average Bonchev–Trinajstić information content (AvgIpc) is 2.67. The number of nitrogens with one attached hydrogen (secondary N) is 1. The Labute approximate surface area is 157 Å². The van der Waals surface area contributed by atoms with Crippen LogP contribution in [0.15, 0.2) is 48.5 Å². The zero-order valence-corrected chi connectivity index (χ0v) is 16.0. The molecule has 1 N–H and O–H groups in total. The molecule has 0 spiro atoms. The summed E-state index contributed by atoms with van der Waals surface area (Å²) in [6.45, 7) is 4.85. The third-order valence-corrected chi connectivity index (χ3v) is 4.10. The second-order valence-corrected chi connectivity index (χ2v) is 6.24. The highest BCUT2D eigenvalue weighted by molar-refractivity contribution is 5.49. The summed E-state index contributed by atoms with van der Waals surface area (Å²) in [5.74, 6) is 1.80. The molecule has 4 heteroatoms. The lowest BCUT2D eigenvalue weighted by atomic mass is 10.2. The summed E-state index contributed by atoms with van der Waals surface area (Å²) < 4.78 is 16.7. The first-order valence-corrected chi connectivity index (χ1v) is 9.50. The van der Waals surface area contributed by atoms with Gasteiger partial charge in [0, 0.05) is 31.0 Å². The van der Waals surface area contributed by atoms with Crippen LogP contribution < -0.4 is 14.8 Å². The lowest BCUT2D eigenvalue weighted by Crippen LogP contribution is -2.06. The van der Waals surface area contributed by atoms with Crippen molar-refractivity contribution in [3.8, 4) is 11.5 Å². The molecule has 0 amide bonds. The van der Waals surface area contributed by atoms with Crippen molar-refractivity contribution in [2.75, 3.05) is 32.2 Å². The summed E-state index contributed by atoms with van der Waals surface area (Å²) >= 11 is 0. The van der Waals surface area contributed by atoms with E-state index in [-0.39, 0.29) is 0 Å². The fourth-order valence-corrected chi connectivity index (χ4v) is 2.64. The van der Waals surface area contributed by atoms with Crippen molar-refractivity contribution >= 4 is 5.69 Å². The van der Waals surface area contributed by atoms with Crippen molar-refractivity contribution in [1.29, 1.82) is 0 Å². The van der Waals surface area contributed by atoms with Gasteiger partial charge in [-0.25, -0.2) is 0 Å². The minimum absolute atomic E-state index is 0.550. The SMILES string of the molecule is CCCCCCOc1ccccc1CNc1cccc(OCCOC)c1. The van der Waals surface area contributed by atoms with Crippen LogP contribution in [-0.2, 0) is 11.3 Å². The maximum Gasteiger partial charge on any atom is 0.124 e. The van der Waals surface area contributed by atoms with Crippen LogP contribution >= 0.6 is 0 Å². The third kappa shape index (κ3) is 7.36. The van der Waals surface area contributed by atoms with E-state index in [2.05, 4.69) is 18.3 Å². The van der Waals surface area contributed by atoms with E-state index < -0.39 is 0 Å². The standard InChI is InChI=1S/C22H31NO3/c1-3-4-5-8-14-26-22-13-7-6-10-19(22)18-23-20-11-9-12-21(17-20)25-16-15-24-2/h6-7,9-13,17,23H,3-5,8,14-16,18H2,1-2H3. The van der Waals surface area contributed by atoms with Crippen molar-refractivity contribution in [1.82, 2.24) is 0 Å². The van der Waals surface area contributed by atoms with Gasteiger partial charge >= 0.3 is 0 Å². The van der Waals surface area contributed by atoms with Crippen molar-refractivity contribution in [3.05, 3.63) is 54.1 Å². The summed E-state index contributed by atoms with van der Waals surface area (Å²) in [4.78, 5) is 0. The monoisotopic (exact) mass is 357 g/mol. The predicted octanol–water partition coefficient (Wildman–Crippen LogP) is 5.28. The number of hydrogen-bond acceptors (Lipinski definition) is 4. The Hall–Kier alpha value is -2.20. The molecule has 0 saturated carbocycles. The Bertz CT molecular complexity index is 630. The van der Waals surface area contributed by atoms with Crippen LogP contribution in [0, 0.1) is 0 Å². The molecule has 2 rings (SSSR count). The van der Waals surface area contributed by atoms with Crippen LogP contribution in [0.2, 0.25) is 0 Å². The van der Waals surface area contributed by atoms with Gasteiger partial charge < -0.3 is 19.5 Å². The van der Waals surface area contributed by atoms with Crippen molar-refractivity contribution < 1.29 is 14.2 Å². The summed E-state index contributed by atoms with van der Waals surface area (Å²) in [5, 5.41) is 3.45. The Morgan fingerprint density at radius 3 is 2.58 bits per heavy atom. The fourth-order valence-electron chi connectivity index (χ4n) is 2.64. The molecule has 0 bridgehead atoms. The highest BCUT2D eigenvalue weighted by Crippen LogP contribution is 2.22. The van der Waals surface area contributed by atoms with Gasteiger partial charge in [0.15, 0.2) is 0 Å². The van der Waals surface area contributed by atoms with E-state index in [1.807, 2.05) is 42.5 Å². The van der Waals surface area contributed by atoms with Crippen LogP contribution in [0.25, 0.3) is 0 Å². The molecule has 0 aliphatic carbocycles. The summed E-state index contributed by atoms with van der Waals surface area (Å²) in [6.07, 6.45) is 4.85. The van der Waals surface area contributed by atoms with E-state index in [4.69, 9.17) is 14.2 Å². The van der Waals surface area contributed by atoms with E-state index in [0.717, 1.165) is 35.8 Å². The van der Waals surface area contributed by atoms with Crippen molar-refractivity contribution in [2.45, 2.75) is 39.2 Å². The zero-order valence-electron chi connectivity index (χ0n) is 16.0. The highest BCUT2D eigenvalue weighted by Gasteiger charge is 2.04. The molecule has 4 nitrogen and oxygen atoms in total. The maximum absolute atomic E-state index is 5.98. The Kier molecular flexibility index (Phi) is 9.44. The fraction of sp³-hybridized carbons (Fsp3) is 0.455. The predicted molar refractivity (Wildman–Crippen MR) is 107 cm³/mol. The smallest absolute Gasteiger partial charge is 0.124 e. The molecular formula is C22H31NO3. The van der Waals surface area contributed by atoms with E-state index in [1.165, 1.54) is 19.3 Å². The molecule has 0 heterocycles. The lowest BCUT2D eigenvalue weighted by molar-refractivity contribution is 0.146. The first kappa shape index (κ1) is 20.1. The number of anilines is 1. The molecule has 0 fully saturated rings. The Morgan fingerprint density at radius 1 is 0.846 bits per heavy atom. The zero-order chi connectivity index (χ0) is 18.5. The van der Waals surface area contributed by atoms with Gasteiger partial charge in [0.1, 0.15) is 18.1 Å². The van der Waals surface area contributed by atoms with Gasteiger partial charge in [0.25, 0.3) is 0 Å². The third-order valence-electron chi connectivity index (χ3n) is 4.10. The Morgan fingerprint density at radius 2 is 1.73 bits per heavy atom. The average molecular weight is 357 g/mol. The topological polar surface area (TPSA) is 39.7 Å². The van der Waals surface area contributed by atoms with Gasteiger partial charge in [0.05, 0.1) is 13.2 Å². The van der Waals surface area contributed by atoms with Crippen LogP contribution in [-0.4, -0.2) is 26.9 Å². The van der Waals surface area contributed by atoms with E-state index >= 15 is 0 Å². The first-order valence-electron chi connectivity index (χ1n) is 9.50. The first-order chi connectivity index (χ1) is 12.8. The molecule has 2 aromatic carbocycles. The number of unbranched alkanes of at least 4 members (excludes halogenated alkanes) is 3. The van der Waals surface area contributed by atoms with Gasteiger partial charge in [-0.3, -0.25) is 0 Å². The number of hydrogen-bond donors (Lipinski definition) is 1. The number of methoxy groups -OCH3 is 1. The number of para-hydroxylation sites is 1. The van der Waals surface area contributed by atoms with Crippen LogP contribution in [0.5, 0.6) is 11.5 Å². The summed E-state index contributed by atoms with van der Waals surface area (Å²) in [5.41, 5.74) is 2.19. The second kappa shape index (κ2) is 12.2. The minimum atomic E-state index is 0.550. The maximum atomic E-state index is 5.98. The molecule has 0 aromatic heterocycles. The number of ether oxygens (including phenoxy) is 3.